The molecule has 4 rings (SSSR count). The minimum Gasteiger partial charge on any atom is -0.495 e. The van der Waals surface area contributed by atoms with Gasteiger partial charge in [0.05, 0.1) is 24.2 Å². The zero-order valence-electron chi connectivity index (χ0n) is 17.1. The number of hydrogen-bond donors (Lipinski definition) is 1. The predicted molar refractivity (Wildman–Crippen MR) is 122 cm³/mol. The lowest BCUT2D eigenvalue weighted by Crippen LogP contribution is -2.15. The molecule has 2 heterocycles. The van der Waals surface area contributed by atoms with Gasteiger partial charge in [-0.2, -0.15) is 0 Å². The van der Waals surface area contributed by atoms with Gasteiger partial charge >= 0.3 is 0 Å². The summed E-state index contributed by atoms with van der Waals surface area (Å²) in [5.74, 6) is 1.25. The van der Waals surface area contributed by atoms with Crippen molar-refractivity contribution in [1.82, 2.24) is 19.7 Å². The Morgan fingerprint density at radius 3 is 2.58 bits per heavy atom. The first-order valence-corrected chi connectivity index (χ1v) is 10.6. The summed E-state index contributed by atoms with van der Waals surface area (Å²) >= 11 is 1.32. The number of anilines is 1. The average molecular weight is 432 g/mol. The lowest BCUT2D eigenvalue weighted by Gasteiger charge is -2.13. The first kappa shape index (κ1) is 20.6. The summed E-state index contributed by atoms with van der Waals surface area (Å²) in [7, 11) is 1.57. The summed E-state index contributed by atoms with van der Waals surface area (Å²) in [5.41, 5.74) is 3.36. The van der Waals surface area contributed by atoms with E-state index in [4.69, 9.17) is 4.74 Å². The maximum absolute atomic E-state index is 12.6. The van der Waals surface area contributed by atoms with Gasteiger partial charge in [-0.3, -0.25) is 14.3 Å². The fourth-order valence-corrected chi connectivity index (χ4v) is 3.86. The standard InChI is InChI=1S/C23H21N5O2S/c1-16-9-3-5-12-19(16)28-22(18-11-7-8-14-24-18)26-27-23(28)31-15-21(29)25-17-10-4-6-13-20(17)30-2/h3-14H,15H2,1-2H3,(H,25,29). The third-order valence-corrected chi connectivity index (χ3v) is 5.53. The predicted octanol–water partition coefficient (Wildman–Crippen LogP) is 4.38. The van der Waals surface area contributed by atoms with Crippen molar-refractivity contribution >= 4 is 23.4 Å². The molecule has 0 aliphatic rings. The number of methoxy groups -OCH3 is 1. The van der Waals surface area contributed by atoms with Gasteiger partial charge < -0.3 is 10.1 Å². The highest BCUT2D eigenvalue weighted by atomic mass is 32.2. The topological polar surface area (TPSA) is 81.9 Å². The average Bonchev–Trinajstić information content (AvgIpc) is 3.22. The molecular weight excluding hydrogens is 410 g/mol. The summed E-state index contributed by atoms with van der Waals surface area (Å²) in [6.45, 7) is 2.03. The number of nitrogens with zero attached hydrogens (tertiary/aromatic N) is 4. The zero-order chi connectivity index (χ0) is 21.6. The molecule has 31 heavy (non-hydrogen) atoms. The van der Waals surface area contributed by atoms with Crippen LogP contribution in [-0.4, -0.2) is 38.5 Å². The Bertz CT molecular complexity index is 1190. The summed E-state index contributed by atoms with van der Waals surface area (Å²) < 4.78 is 7.24. The molecule has 0 aliphatic heterocycles. The number of benzene rings is 2. The van der Waals surface area contributed by atoms with Gasteiger partial charge in [0.15, 0.2) is 11.0 Å². The number of amides is 1. The van der Waals surface area contributed by atoms with Crippen molar-refractivity contribution in [2.75, 3.05) is 18.2 Å². The summed E-state index contributed by atoms with van der Waals surface area (Å²) in [5, 5.41) is 12.2. The fourth-order valence-electron chi connectivity index (χ4n) is 3.12. The van der Waals surface area contributed by atoms with Crippen LogP contribution in [-0.2, 0) is 4.79 Å². The van der Waals surface area contributed by atoms with Crippen LogP contribution < -0.4 is 10.1 Å². The second-order valence-electron chi connectivity index (χ2n) is 6.68. The number of aromatic nitrogens is 4. The van der Waals surface area contributed by atoms with Crippen molar-refractivity contribution in [3.8, 4) is 23.0 Å². The van der Waals surface area contributed by atoms with Gasteiger partial charge in [-0.1, -0.05) is 48.2 Å². The summed E-state index contributed by atoms with van der Waals surface area (Å²) in [6.07, 6.45) is 1.72. The Morgan fingerprint density at radius 1 is 1.03 bits per heavy atom. The first-order chi connectivity index (χ1) is 15.2. The quantitative estimate of drug-likeness (QED) is 0.438. The van der Waals surface area contributed by atoms with Gasteiger partial charge in [-0.05, 0) is 42.8 Å². The molecule has 0 saturated heterocycles. The van der Waals surface area contributed by atoms with E-state index in [1.54, 1.807) is 25.4 Å². The molecule has 0 bridgehead atoms. The van der Waals surface area contributed by atoms with Crippen molar-refractivity contribution in [3.05, 3.63) is 78.5 Å². The maximum Gasteiger partial charge on any atom is 0.234 e. The van der Waals surface area contributed by atoms with Crippen LogP contribution in [0.5, 0.6) is 5.75 Å². The van der Waals surface area contributed by atoms with E-state index >= 15 is 0 Å². The third kappa shape index (κ3) is 4.59. The minimum absolute atomic E-state index is 0.159. The van der Waals surface area contributed by atoms with Gasteiger partial charge in [0.2, 0.25) is 5.91 Å². The van der Waals surface area contributed by atoms with E-state index in [1.165, 1.54) is 11.8 Å². The zero-order valence-corrected chi connectivity index (χ0v) is 18.0. The second kappa shape index (κ2) is 9.44. The molecule has 8 heteroatoms. The van der Waals surface area contributed by atoms with Gasteiger partial charge in [-0.15, -0.1) is 10.2 Å². The summed E-state index contributed by atoms with van der Waals surface area (Å²) in [4.78, 5) is 17.0. The normalized spacial score (nSPS) is 10.6. The van der Waals surface area contributed by atoms with E-state index < -0.39 is 0 Å². The van der Waals surface area contributed by atoms with Gasteiger partial charge in [0.1, 0.15) is 11.4 Å². The number of hydrogen-bond acceptors (Lipinski definition) is 6. The smallest absolute Gasteiger partial charge is 0.234 e. The molecule has 1 N–H and O–H groups in total. The van der Waals surface area contributed by atoms with Gasteiger partial charge in [0, 0.05) is 6.20 Å². The molecule has 7 nitrogen and oxygen atoms in total. The third-order valence-electron chi connectivity index (χ3n) is 4.60. The van der Waals surface area contributed by atoms with Crippen LogP contribution in [0.2, 0.25) is 0 Å². The molecule has 2 aromatic heterocycles. The first-order valence-electron chi connectivity index (χ1n) is 9.66. The number of ether oxygens (including phenoxy) is 1. The van der Waals surface area contributed by atoms with Crippen LogP contribution in [0.25, 0.3) is 17.2 Å². The highest BCUT2D eigenvalue weighted by Gasteiger charge is 2.19. The number of carbonyl (C=O) groups excluding carboxylic acids is 1. The molecular formula is C23H21N5O2S. The molecule has 156 valence electrons. The van der Waals surface area contributed by atoms with Crippen LogP contribution in [0.4, 0.5) is 5.69 Å². The number of para-hydroxylation sites is 3. The number of rotatable bonds is 7. The van der Waals surface area contributed by atoms with Crippen molar-refractivity contribution < 1.29 is 9.53 Å². The number of pyridine rings is 1. The van der Waals surface area contributed by atoms with Crippen molar-refractivity contribution in [1.29, 1.82) is 0 Å². The van der Waals surface area contributed by atoms with Crippen molar-refractivity contribution in [2.24, 2.45) is 0 Å². The maximum atomic E-state index is 12.6. The Morgan fingerprint density at radius 2 is 1.81 bits per heavy atom. The van der Waals surface area contributed by atoms with Crippen molar-refractivity contribution in [2.45, 2.75) is 12.1 Å². The Labute approximate surface area is 184 Å². The second-order valence-corrected chi connectivity index (χ2v) is 7.62. The van der Waals surface area contributed by atoms with E-state index in [2.05, 4.69) is 20.5 Å². The number of nitrogens with one attached hydrogen (secondary N) is 1. The SMILES string of the molecule is COc1ccccc1NC(=O)CSc1nnc(-c2ccccn2)n1-c1ccccc1C. The molecule has 2 aromatic carbocycles. The van der Waals surface area contributed by atoms with E-state index in [0.717, 1.165) is 11.3 Å². The highest BCUT2D eigenvalue weighted by Crippen LogP contribution is 2.29. The lowest BCUT2D eigenvalue weighted by atomic mass is 10.2. The minimum atomic E-state index is -0.159. The number of thioether (sulfide) groups is 1. The van der Waals surface area contributed by atoms with Gasteiger partial charge in [0.25, 0.3) is 0 Å². The van der Waals surface area contributed by atoms with Crippen LogP contribution >= 0.6 is 11.8 Å². The molecule has 0 saturated carbocycles. The Kier molecular flexibility index (Phi) is 6.28. The lowest BCUT2D eigenvalue weighted by molar-refractivity contribution is -0.113. The molecule has 0 aliphatic carbocycles. The number of carbonyl (C=O) groups is 1. The molecule has 0 fully saturated rings. The van der Waals surface area contributed by atoms with Gasteiger partial charge in [-0.25, -0.2) is 0 Å². The van der Waals surface area contributed by atoms with Crippen LogP contribution in [0, 0.1) is 6.92 Å². The molecule has 1 amide bonds. The highest BCUT2D eigenvalue weighted by molar-refractivity contribution is 7.99. The molecule has 0 unspecified atom stereocenters. The van der Waals surface area contributed by atoms with Crippen molar-refractivity contribution in [3.63, 3.8) is 0 Å². The van der Waals surface area contributed by atoms with Crippen LogP contribution in [0.15, 0.2) is 78.1 Å². The Balaban J connectivity index is 1.61. The molecule has 0 spiro atoms. The number of aryl methyl sites for hydroxylation is 1. The van der Waals surface area contributed by atoms with E-state index in [1.807, 2.05) is 66.1 Å². The summed E-state index contributed by atoms with van der Waals surface area (Å²) in [6, 6.07) is 20.9. The molecule has 0 atom stereocenters. The Hall–Kier alpha value is -3.65. The van der Waals surface area contributed by atoms with E-state index in [0.29, 0.717) is 28.1 Å². The van der Waals surface area contributed by atoms with Crippen LogP contribution in [0.1, 0.15) is 5.56 Å². The monoisotopic (exact) mass is 431 g/mol. The molecule has 4 aromatic rings. The molecule has 0 radical (unpaired) electrons. The van der Waals surface area contributed by atoms with E-state index in [-0.39, 0.29) is 11.7 Å². The van der Waals surface area contributed by atoms with E-state index in [9.17, 15) is 4.79 Å². The van der Waals surface area contributed by atoms with Crippen LogP contribution in [0.3, 0.4) is 0 Å². The largest absolute Gasteiger partial charge is 0.495 e. The fraction of sp³-hybridized carbons (Fsp3) is 0.130.